The van der Waals surface area contributed by atoms with Gasteiger partial charge in [0.2, 0.25) is 0 Å². The molecule has 1 fully saturated rings. The number of carbonyl (C=O) groups excluding carboxylic acids is 1. The molecule has 2 rings (SSSR count). The summed E-state index contributed by atoms with van der Waals surface area (Å²) in [6.45, 7) is 3.49. The summed E-state index contributed by atoms with van der Waals surface area (Å²) >= 11 is 6.67. The standard InChI is InChI=1S/C24H33NO4S2/c1-2-3-4-5-6-10-17-29-20-14-12-19(13-15-20)18-21-23(28)25(24(30)31-21)16-9-7-8-11-22(26)27/h12-15,18H,2-11,16-17H2,1H3,(H,26,27). The van der Waals surface area contributed by atoms with Crippen molar-refractivity contribution in [2.75, 3.05) is 13.2 Å². The highest BCUT2D eigenvalue weighted by molar-refractivity contribution is 8.26. The number of aliphatic carboxylic acids is 1. The van der Waals surface area contributed by atoms with Crippen molar-refractivity contribution in [3.05, 3.63) is 34.7 Å². The first-order valence-electron chi connectivity index (χ1n) is 11.2. The number of hydrogen-bond donors (Lipinski definition) is 1. The number of thioether (sulfide) groups is 1. The van der Waals surface area contributed by atoms with E-state index in [-0.39, 0.29) is 12.3 Å². The number of rotatable bonds is 15. The molecule has 0 saturated carbocycles. The Labute approximate surface area is 195 Å². The van der Waals surface area contributed by atoms with Crippen LogP contribution in [-0.4, -0.2) is 39.4 Å². The van der Waals surface area contributed by atoms with E-state index in [9.17, 15) is 9.59 Å². The number of thiocarbonyl (C=S) groups is 1. The molecule has 0 spiro atoms. The van der Waals surface area contributed by atoms with Crippen LogP contribution < -0.4 is 4.74 Å². The number of carboxylic acid groups (broad SMARTS) is 1. The van der Waals surface area contributed by atoms with E-state index in [0.29, 0.717) is 22.2 Å². The van der Waals surface area contributed by atoms with Crippen LogP contribution in [0.2, 0.25) is 0 Å². The second-order valence-electron chi connectivity index (χ2n) is 7.72. The van der Waals surface area contributed by atoms with Gasteiger partial charge in [0.05, 0.1) is 11.5 Å². The average molecular weight is 464 g/mol. The highest BCUT2D eigenvalue weighted by atomic mass is 32.2. The second kappa shape index (κ2) is 14.2. The molecule has 0 bridgehead atoms. The molecule has 0 atom stereocenters. The fourth-order valence-corrected chi connectivity index (χ4v) is 4.61. The molecule has 0 aromatic heterocycles. The van der Waals surface area contributed by atoms with Crippen LogP contribution in [0.4, 0.5) is 0 Å². The minimum atomic E-state index is -0.785. The number of carbonyl (C=O) groups is 2. The Hall–Kier alpha value is -1.86. The predicted octanol–water partition coefficient (Wildman–Crippen LogP) is 6.27. The third-order valence-electron chi connectivity index (χ3n) is 5.09. The molecule has 31 heavy (non-hydrogen) atoms. The highest BCUT2D eigenvalue weighted by Gasteiger charge is 2.31. The first-order chi connectivity index (χ1) is 15.0. The van der Waals surface area contributed by atoms with Gasteiger partial charge in [0, 0.05) is 13.0 Å². The van der Waals surface area contributed by atoms with Crippen molar-refractivity contribution >= 4 is 46.3 Å². The summed E-state index contributed by atoms with van der Waals surface area (Å²) in [5, 5.41) is 8.69. The molecule has 1 aromatic rings. The minimum Gasteiger partial charge on any atom is -0.494 e. The van der Waals surface area contributed by atoms with Crippen LogP contribution in [0.5, 0.6) is 5.75 Å². The molecule has 1 amide bonds. The van der Waals surface area contributed by atoms with Crippen molar-refractivity contribution in [2.45, 2.75) is 71.1 Å². The van der Waals surface area contributed by atoms with Crippen LogP contribution in [0.25, 0.3) is 6.08 Å². The van der Waals surface area contributed by atoms with E-state index in [2.05, 4.69) is 6.92 Å². The van der Waals surface area contributed by atoms with E-state index in [1.165, 1.54) is 43.9 Å². The topological polar surface area (TPSA) is 66.8 Å². The molecular formula is C24H33NO4S2. The first kappa shape index (κ1) is 25.4. The first-order valence-corrected chi connectivity index (χ1v) is 12.4. The van der Waals surface area contributed by atoms with Gasteiger partial charge in [-0.15, -0.1) is 0 Å². The van der Waals surface area contributed by atoms with Crippen LogP contribution >= 0.6 is 24.0 Å². The largest absolute Gasteiger partial charge is 0.494 e. The van der Waals surface area contributed by atoms with Gasteiger partial charge in [-0.1, -0.05) is 81.6 Å². The molecule has 1 aromatic carbocycles. The quantitative estimate of drug-likeness (QED) is 0.188. The van der Waals surface area contributed by atoms with Gasteiger partial charge >= 0.3 is 5.97 Å². The molecule has 170 valence electrons. The fourth-order valence-electron chi connectivity index (χ4n) is 3.30. The second-order valence-corrected chi connectivity index (χ2v) is 9.40. The minimum absolute atomic E-state index is 0.0726. The van der Waals surface area contributed by atoms with E-state index in [0.717, 1.165) is 37.2 Å². The molecule has 1 N–H and O–H groups in total. The van der Waals surface area contributed by atoms with Crippen molar-refractivity contribution in [3.8, 4) is 5.75 Å². The lowest BCUT2D eigenvalue weighted by molar-refractivity contribution is -0.137. The van der Waals surface area contributed by atoms with Gasteiger partial charge in [0.1, 0.15) is 10.1 Å². The normalized spacial score (nSPS) is 15.1. The Balaban J connectivity index is 1.76. The van der Waals surface area contributed by atoms with Gasteiger partial charge in [-0.2, -0.15) is 0 Å². The smallest absolute Gasteiger partial charge is 0.303 e. The summed E-state index contributed by atoms with van der Waals surface area (Å²) in [6, 6.07) is 7.78. The van der Waals surface area contributed by atoms with Gasteiger partial charge in [-0.05, 0) is 43.0 Å². The summed E-state index contributed by atoms with van der Waals surface area (Å²) in [6.07, 6.45) is 11.6. The number of benzene rings is 1. The van der Waals surface area contributed by atoms with Crippen molar-refractivity contribution in [3.63, 3.8) is 0 Å². The van der Waals surface area contributed by atoms with Crippen molar-refractivity contribution in [1.82, 2.24) is 4.90 Å². The average Bonchev–Trinajstić information content (AvgIpc) is 3.01. The fraction of sp³-hybridized carbons (Fsp3) is 0.542. The lowest BCUT2D eigenvalue weighted by Gasteiger charge is -2.13. The summed E-state index contributed by atoms with van der Waals surface area (Å²) in [5.41, 5.74) is 0.939. The Bertz CT molecular complexity index is 761. The Morgan fingerprint density at radius 2 is 1.74 bits per heavy atom. The summed E-state index contributed by atoms with van der Waals surface area (Å²) in [4.78, 5) is 25.5. The van der Waals surface area contributed by atoms with Crippen LogP contribution in [0.15, 0.2) is 29.2 Å². The van der Waals surface area contributed by atoms with Crippen LogP contribution in [0, 0.1) is 0 Å². The van der Waals surface area contributed by atoms with Gasteiger partial charge in [-0.3, -0.25) is 14.5 Å². The van der Waals surface area contributed by atoms with Gasteiger partial charge in [0.25, 0.3) is 5.91 Å². The molecule has 0 radical (unpaired) electrons. The van der Waals surface area contributed by atoms with E-state index in [4.69, 9.17) is 22.1 Å². The molecule has 7 heteroatoms. The molecule has 5 nitrogen and oxygen atoms in total. The molecule has 0 unspecified atom stereocenters. The summed E-state index contributed by atoms with van der Waals surface area (Å²) in [7, 11) is 0. The van der Waals surface area contributed by atoms with Crippen LogP contribution in [-0.2, 0) is 9.59 Å². The number of amides is 1. The zero-order valence-electron chi connectivity index (χ0n) is 18.3. The zero-order valence-corrected chi connectivity index (χ0v) is 19.9. The molecular weight excluding hydrogens is 430 g/mol. The molecule has 1 aliphatic heterocycles. The van der Waals surface area contributed by atoms with Gasteiger partial charge in [0.15, 0.2) is 0 Å². The zero-order chi connectivity index (χ0) is 22.5. The van der Waals surface area contributed by atoms with Gasteiger partial charge < -0.3 is 9.84 Å². The SMILES string of the molecule is CCCCCCCCOc1ccc(C=C2SC(=S)N(CCCCCC(=O)O)C2=O)cc1. The van der Waals surface area contributed by atoms with Gasteiger partial charge in [-0.25, -0.2) is 0 Å². The van der Waals surface area contributed by atoms with E-state index in [1.54, 1.807) is 4.90 Å². The Morgan fingerprint density at radius 1 is 1.06 bits per heavy atom. The van der Waals surface area contributed by atoms with E-state index in [1.807, 2.05) is 30.3 Å². The Morgan fingerprint density at radius 3 is 2.45 bits per heavy atom. The maximum absolute atomic E-state index is 12.7. The number of ether oxygens (including phenoxy) is 1. The lowest BCUT2D eigenvalue weighted by atomic mass is 10.1. The number of carboxylic acids is 1. The molecule has 1 heterocycles. The summed E-state index contributed by atoms with van der Waals surface area (Å²) in [5.74, 6) is -0.0105. The predicted molar refractivity (Wildman–Crippen MR) is 131 cm³/mol. The van der Waals surface area contributed by atoms with Crippen LogP contribution in [0.3, 0.4) is 0 Å². The maximum atomic E-state index is 12.7. The highest BCUT2D eigenvalue weighted by Crippen LogP contribution is 2.33. The van der Waals surface area contributed by atoms with Crippen LogP contribution in [0.1, 0.15) is 76.7 Å². The van der Waals surface area contributed by atoms with E-state index < -0.39 is 5.97 Å². The van der Waals surface area contributed by atoms with Crippen molar-refractivity contribution in [2.24, 2.45) is 0 Å². The van der Waals surface area contributed by atoms with Crippen molar-refractivity contribution in [1.29, 1.82) is 0 Å². The number of unbranched alkanes of at least 4 members (excludes halogenated alkanes) is 7. The maximum Gasteiger partial charge on any atom is 0.303 e. The van der Waals surface area contributed by atoms with Crippen molar-refractivity contribution < 1.29 is 19.4 Å². The number of nitrogens with zero attached hydrogens (tertiary/aromatic N) is 1. The Kier molecular flexibility index (Phi) is 11.7. The third-order valence-corrected chi connectivity index (χ3v) is 6.47. The third kappa shape index (κ3) is 9.44. The monoisotopic (exact) mass is 463 g/mol. The van der Waals surface area contributed by atoms with E-state index >= 15 is 0 Å². The molecule has 0 aliphatic carbocycles. The molecule has 1 saturated heterocycles. The number of hydrogen-bond acceptors (Lipinski definition) is 5. The summed E-state index contributed by atoms with van der Waals surface area (Å²) < 4.78 is 6.38. The molecule has 1 aliphatic rings. The lowest BCUT2D eigenvalue weighted by Crippen LogP contribution is -2.29.